The third-order valence-corrected chi connectivity index (χ3v) is 4.05. The van der Waals surface area contributed by atoms with Crippen LogP contribution >= 0.6 is 11.3 Å². The molecule has 0 spiro atoms. The van der Waals surface area contributed by atoms with Crippen LogP contribution in [0.5, 0.6) is 0 Å². The molecular weight excluding hydrogens is 314 g/mol. The molecule has 1 aromatic carbocycles. The van der Waals surface area contributed by atoms with Crippen LogP contribution in [-0.4, -0.2) is 30.8 Å². The van der Waals surface area contributed by atoms with Gasteiger partial charge in [0.2, 0.25) is 6.29 Å². The van der Waals surface area contributed by atoms with Crippen LogP contribution in [0.1, 0.15) is 41.7 Å². The summed E-state index contributed by atoms with van der Waals surface area (Å²) in [4.78, 5) is 17.3. The smallest absolute Gasteiger partial charge is 0.350 e. The van der Waals surface area contributed by atoms with Gasteiger partial charge in [-0.05, 0) is 20.8 Å². The van der Waals surface area contributed by atoms with Gasteiger partial charge in [0.1, 0.15) is 4.88 Å². The molecule has 0 saturated carbocycles. The highest BCUT2D eigenvalue weighted by Crippen LogP contribution is 2.33. The number of hydrogen-bond donors (Lipinski definition) is 0. The third-order valence-electron chi connectivity index (χ3n) is 2.99. The fourth-order valence-corrected chi connectivity index (χ4v) is 3.04. The van der Waals surface area contributed by atoms with Crippen molar-refractivity contribution in [1.29, 1.82) is 0 Å². The summed E-state index contributed by atoms with van der Waals surface area (Å²) in [5, 5.41) is 0.621. The number of esters is 1. The molecule has 0 aliphatic carbocycles. The summed E-state index contributed by atoms with van der Waals surface area (Å²) in [7, 11) is 0. The Kier molecular flexibility index (Phi) is 6.70. The van der Waals surface area contributed by atoms with Crippen LogP contribution < -0.4 is 0 Å². The lowest BCUT2D eigenvalue weighted by molar-refractivity contribution is -0.140. The molecule has 0 bridgehead atoms. The van der Waals surface area contributed by atoms with Gasteiger partial charge in [-0.15, -0.1) is 11.3 Å². The van der Waals surface area contributed by atoms with Crippen molar-refractivity contribution in [2.45, 2.75) is 27.1 Å². The van der Waals surface area contributed by atoms with Crippen molar-refractivity contribution in [2.75, 3.05) is 19.8 Å². The van der Waals surface area contributed by atoms with Gasteiger partial charge in [0.15, 0.2) is 5.01 Å². The van der Waals surface area contributed by atoms with E-state index in [-0.39, 0.29) is 5.97 Å². The molecule has 2 rings (SSSR count). The number of ether oxygens (including phenoxy) is 3. The Balaban J connectivity index is 2.44. The van der Waals surface area contributed by atoms with E-state index in [1.54, 1.807) is 6.92 Å². The van der Waals surface area contributed by atoms with Crippen molar-refractivity contribution in [3.05, 3.63) is 40.2 Å². The van der Waals surface area contributed by atoms with Crippen molar-refractivity contribution in [2.24, 2.45) is 0 Å². The fourth-order valence-electron chi connectivity index (χ4n) is 2.06. The second-order valence-corrected chi connectivity index (χ2v) is 5.59. The molecule has 0 fully saturated rings. The molecule has 2 aromatic rings. The minimum Gasteiger partial charge on any atom is -0.462 e. The first-order valence-electron chi connectivity index (χ1n) is 7.67. The Hall–Kier alpha value is -1.76. The molecule has 5 nitrogen and oxygen atoms in total. The van der Waals surface area contributed by atoms with Crippen LogP contribution in [0, 0.1) is 0 Å². The van der Waals surface area contributed by atoms with Crippen molar-refractivity contribution in [1.82, 2.24) is 4.98 Å². The first-order chi connectivity index (χ1) is 11.2. The Morgan fingerprint density at radius 2 is 1.74 bits per heavy atom. The SMILES string of the molecule is CCOC(=O)c1sc(C(OCC)OCC)nc1-c1ccccc1. The van der Waals surface area contributed by atoms with E-state index in [1.807, 2.05) is 44.2 Å². The Labute approximate surface area is 140 Å². The van der Waals surface area contributed by atoms with Crippen LogP contribution in [0.25, 0.3) is 11.3 Å². The quantitative estimate of drug-likeness (QED) is 0.538. The maximum Gasteiger partial charge on any atom is 0.350 e. The maximum atomic E-state index is 12.3. The molecule has 23 heavy (non-hydrogen) atoms. The van der Waals surface area contributed by atoms with Gasteiger partial charge in [0.05, 0.1) is 12.3 Å². The lowest BCUT2D eigenvalue weighted by Gasteiger charge is -2.13. The zero-order chi connectivity index (χ0) is 16.7. The van der Waals surface area contributed by atoms with Gasteiger partial charge >= 0.3 is 5.97 Å². The molecule has 0 atom stereocenters. The number of hydrogen-bond acceptors (Lipinski definition) is 6. The van der Waals surface area contributed by atoms with Crippen molar-refractivity contribution in [3.8, 4) is 11.3 Å². The molecule has 124 valence electrons. The monoisotopic (exact) mass is 335 g/mol. The Morgan fingerprint density at radius 1 is 1.09 bits per heavy atom. The molecule has 0 radical (unpaired) electrons. The topological polar surface area (TPSA) is 57.7 Å². The molecule has 0 aliphatic rings. The average Bonchev–Trinajstić information content (AvgIpc) is 3.01. The molecule has 1 aromatic heterocycles. The van der Waals surface area contributed by atoms with Gasteiger partial charge in [-0.2, -0.15) is 0 Å². The summed E-state index contributed by atoms with van der Waals surface area (Å²) < 4.78 is 16.3. The minimum atomic E-state index is -0.569. The summed E-state index contributed by atoms with van der Waals surface area (Å²) in [6, 6.07) is 9.57. The molecule has 6 heteroatoms. The third kappa shape index (κ3) is 4.37. The molecule has 0 saturated heterocycles. The van der Waals surface area contributed by atoms with Gasteiger partial charge in [-0.3, -0.25) is 0 Å². The number of rotatable bonds is 8. The van der Waals surface area contributed by atoms with Crippen LogP contribution in [0.2, 0.25) is 0 Å². The van der Waals surface area contributed by atoms with Gasteiger partial charge < -0.3 is 14.2 Å². The molecule has 0 aliphatic heterocycles. The molecular formula is C17H21NO4S. The van der Waals surface area contributed by atoms with E-state index in [2.05, 4.69) is 4.98 Å². The van der Waals surface area contributed by atoms with Crippen LogP contribution in [0.3, 0.4) is 0 Å². The van der Waals surface area contributed by atoms with Gasteiger partial charge in [-0.1, -0.05) is 30.3 Å². The molecule has 0 amide bonds. The van der Waals surface area contributed by atoms with Gasteiger partial charge in [-0.25, -0.2) is 9.78 Å². The molecule has 0 N–H and O–H groups in total. The van der Waals surface area contributed by atoms with E-state index >= 15 is 0 Å². The highest BCUT2D eigenvalue weighted by molar-refractivity contribution is 7.14. The summed E-state index contributed by atoms with van der Waals surface area (Å²) >= 11 is 1.25. The van der Waals surface area contributed by atoms with E-state index in [0.717, 1.165) is 5.56 Å². The largest absolute Gasteiger partial charge is 0.462 e. The number of aromatic nitrogens is 1. The Bertz CT molecular complexity index is 621. The highest BCUT2D eigenvalue weighted by Gasteiger charge is 2.25. The minimum absolute atomic E-state index is 0.320. The number of thiazole rings is 1. The number of carbonyl (C=O) groups is 1. The van der Waals surface area contributed by atoms with Crippen molar-refractivity contribution in [3.63, 3.8) is 0 Å². The van der Waals surface area contributed by atoms with E-state index in [1.165, 1.54) is 11.3 Å². The number of carbonyl (C=O) groups excluding carboxylic acids is 1. The maximum absolute atomic E-state index is 12.3. The van der Waals surface area contributed by atoms with E-state index in [0.29, 0.717) is 35.4 Å². The predicted octanol–water partition coefficient (Wildman–Crippen LogP) is 4.06. The Morgan fingerprint density at radius 3 is 2.30 bits per heavy atom. The van der Waals surface area contributed by atoms with Crippen LogP contribution in [-0.2, 0) is 14.2 Å². The first-order valence-corrected chi connectivity index (χ1v) is 8.49. The summed E-state index contributed by atoms with van der Waals surface area (Å²) in [6.07, 6.45) is -0.569. The lowest BCUT2D eigenvalue weighted by atomic mass is 10.1. The second kappa shape index (κ2) is 8.76. The average molecular weight is 335 g/mol. The van der Waals surface area contributed by atoms with Crippen molar-refractivity contribution >= 4 is 17.3 Å². The van der Waals surface area contributed by atoms with E-state index in [9.17, 15) is 4.79 Å². The lowest BCUT2D eigenvalue weighted by Crippen LogP contribution is -2.08. The summed E-state index contributed by atoms with van der Waals surface area (Å²) in [6.45, 7) is 6.89. The second-order valence-electron chi connectivity index (χ2n) is 4.56. The van der Waals surface area contributed by atoms with Crippen molar-refractivity contribution < 1.29 is 19.0 Å². The van der Waals surface area contributed by atoms with E-state index in [4.69, 9.17) is 14.2 Å². The zero-order valence-corrected chi connectivity index (χ0v) is 14.4. The number of benzene rings is 1. The zero-order valence-electron chi connectivity index (χ0n) is 13.6. The van der Waals surface area contributed by atoms with Gasteiger partial charge in [0, 0.05) is 18.8 Å². The summed E-state index contributed by atoms with van der Waals surface area (Å²) in [5.74, 6) is -0.373. The fraction of sp³-hybridized carbons (Fsp3) is 0.412. The molecule has 1 heterocycles. The predicted molar refractivity (Wildman–Crippen MR) is 89.5 cm³/mol. The standard InChI is InChI=1S/C17H21NO4S/c1-4-20-16(19)14-13(12-10-8-7-9-11-12)18-15(23-14)17(21-5-2)22-6-3/h7-11,17H,4-6H2,1-3H3. The summed E-state index contributed by atoms with van der Waals surface area (Å²) in [5.41, 5.74) is 1.47. The van der Waals surface area contributed by atoms with E-state index < -0.39 is 6.29 Å². The first kappa shape index (κ1) is 17.6. The normalized spacial score (nSPS) is 11.0. The molecule has 0 unspecified atom stereocenters. The van der Waals surface area contributed by atoms with Gasteiger partial charge in [0.25, 0.3) is 0 Å². The van der Waals surface area contributed by atoms with Crippen LogP contribution in [0.15, 0.2) is 30.3 Å². The highest BCUT2D eigenvalue weighted by atomic mass is 32.1. The number of nitrogens with zero attached hydrogens (tertiary/aromatic N) is 1. The van der Waals surface area contributed by atoms with Crippen LogP contribution in [0.4, 0.5) is 0 Å².